The van der Waals surface area contributed by atoms with Crippen molar-refractivity contribution in [1.82, 2.24) is 4.57 Å². The Labute approximate surface area is 207 Å². The molecule has 0 saturated heterocycles. The van der Waals surface area contributed by atoms with Crippen LogP contribution in [0, 0.1) is 20.8 Å². The summed E-state index contributed by atoms with van der Waals surface area (Å²) in [5.74, 6) is 0. The fourth-order valence-electron chi connectivity index (χ4n) is 5.13. The molecule has 0 amide bonds. The number of rotatable bonds is 7. The van der Waals surface area contributed by atoms with Crippen molar-refractivity contribution >= 4 is 16.6 Å². The number of aromatic nitrogens is 1. The van der Waals surface area contributed by atoms with Crippen LogP contribution >= 0.6 is 0 Å². The molecule has 0 aliphatic carbocycles. The van der Waals surface area contributed by atoms with Crippen molar-refractivity contribution in [2.24, 2.45) is 0 Å². The van der Waals surface area contributed by atoms with Gasteiger partial charge >= 0.3 is 0 Å². The minimum atomic E-state index is -0.558. The van der Waals surface area contributed by atoms with E-state index in [-0.39, 0.29) is 0 Å². The third-order valence-corrected chi connectivity index (χ3v) is 6.67. The zero-order valence-corrected chi connectivity index (χ0v) is 20.6. The first-order valence-electron chi connectivity index (χ1n) is 12.2. The van der Waals surface area contributed by atoms with E-state index in [1.165, 1.54) is 38.7 Å². The number of hydrogen-bond acceptors (Lipinski definition) is 2. The number of anilines is 1. The third kappa shape index (κ3) is 4.60. The van der Waals surface area contributed by atoms with Crippen LogP contribution in [0.1, 0.15) is 16.7 Å². The number of benzene rings is 4. The molecular formula is C32H32N2O. The van der Waals surface area contributed by atoms with E-state index in [0.717, 1.165) is 16.9 Å². The average molecular weight is 461 g/mol. The lowest BCUT2D eigenvalue weighted by Crippen LogP contribution is -2.25. The van der Waals surface area contributed by atoms with Crippen LogP contribution in [-0.2, 0) is 6.54 Å². The number of nitrogens with one attached hydrogen (secondary N) is 1. The van der Waals surface area contributed by atoms with Crippen molar-refractivity contribution in [1.29, 1.82) is 0 Å². The number of aliphatic hydroxyl groups excluding tert-OH is 1. The SMILES string of the molecule is Cc1cc(C)c2c(c1)c(-c1ccccc1)c(-c1ccccc1)n2CC(O)CNc1ccccc1C. The van der Waals surface area contributed by atoms with Crippen molar-refractivity contribution in [3.8, 4) is 22.4 Å². The maximum absolute atomic E-state index is 11.2. The Morgan fingerprint density at radius 2 is 1.37 bits per heavy atom. The molecule has 0 aliphatic heterocycles. The Balaban J connectivity index is 1.65. The van der Waals surface area contributed by atoms with Gasteiger partial charge < -0.3 is 15.0 Å². The molecule has 1 heterocycles. The zero-order valence-electron chi connectivity index (χ0n) is 20.6. The summed E-state index contributed by atoms with van der Waals surface area (Å²) in [4.78, 5) is 0. The highest BCUT2D eigenvalue weighted by molar-refractivity contribution is 6.06. The number of nitrogens with zero attached hydrogens (tertiary/aromatic N) is 1. The molecule has 3 heteroatoms. The molecule has 35 heavy (non-hydrogen) atoms. The van der Waals surface area contributed by atoms with E-state index in [1.807, 2.05) is 12.1 Å². The summed E-state index contributed by atoms with van der Waals surface area (Å²) < 4.78 is 2.33. The maximum Gasteiger partial charge on any atom is 0.0891 e. The van der Waals surface area contributed by atoms with Gasteiger partial charge in [0.1, 0.15) is 0 Å². The molecule has 5 rings (SSSR count). The van der Waals surface area contributed by atoms with Gasteiger partial charge in [0.2, 0.25) is 0 Å². The summed E-state index contributed by atoms with van der Waals surface area (Å²) in [7, 11) is 0. The van der Waals surface area contributed by atoms with Gasteiger partial charge in [-0.05, 0) is 55.2 Å². The average Bonchev–Trinajstić information content (AvgIpc) is 3.18. The van der Waals surface area contributed by atoms with Gasteiger partial charge in [-0.25, -0.2) is 0 Å². The second-order valence-corrected chi connectivity index (χ2v) is 9.39. The van der Waals surface area contributed by atoms with E-state index in [4.69, 9.17) is 0 Å². The predicted octanol–water partition coefficient (Wildman–Crippen LogP) is 7.37. The number of aryl methyl sites for hydroxylation is 3. The van der Waals surface area contributed by atoms with Crippen molar-refractivity contribution < 1.29 is 5.11 Å². The monoisotopic (exact) mass is 460 g/mol. The third-order valence-electron chi connectivity index (χ3n) is 6.67. The van der Waals surface area contributed by atoms with Crippen LogP contribution in [0.25, 0.3) is 33.3 Å². The lowest BCUT2D eigenvalue weighted by molar-refractivity contribution is 0.169. The fourth-order valence-corrected chi connectivity index (χ4v) is 5.13. The largest absolute Gasteiger partial charge is 0.389 e. The Morgan fingerprint density at radius 1 is 0.743 bits per heavy atom. The van der Waals surface area contributed by atoms with Gasteiger partial charge in [0.25, 0.3) is 0 Å². The number of aliphatic hydroxyl groups is 1. The quantitative estimate of drug-likeness (QED) is 0.266. The molecule has 2 N–H and O–H groups in total. The molecular weight excluding hydrogens is 428 g/mol. The molecule has 3 nitrogen and oxygen atoms in total. The highest BCUT2D eigenvalue weighted by Gasteiger charge is 2.23. The van der Waals surface area contributed by atoms with E-state index >= 15 is 0 Å². The van der Waals surface area contributed by atoms with E-state index < -0.39 is 6.10 Å². The lowest BCUT2D eigenvalue weighted by atomic mass is 9.97. The molecule has 0 bridgehead atoms. The summed E-state index contributed by atoms with van der Waals surface area (Å²) in [5, 5.41) is 15.9. The van der Waals surface area contributed by atoms with E-state index in [9.17, 15) is 5.11 Å². The Hall–Kier alpha value is -3.82. The first-order valence-corrected chi connectivity index (χ1v) is 12.2. The molecule has 0 saturated carbocycles. The van der Waals surface area contributed by atoms with E-state index in [1.54, 1.807) is 0 Å². The van der Waals surface area contributed by atoms with Crippen molar-refractivity contribution in [3.63, 3.8) is 0 Å². The van der Waals surface area contributed by atoms with E-state index in [0.29, 0.717) is 13.1 Å². The number of para-hydroxylation sites is 1. The van der Waals surface area contributed by atoms with Crippen LogP contribution in [-0.4, -0.2) is 22.3 Å². The first kappa shape index (κ1) is 22.9. The van der Waals surface area contributed by atoms with Gasteiger partial charge in [-0.2, -0.15) is 0 Å². The molecule has 0 fully saturated rings. The van der Waals surface area contributed by atoms with Gasteiger partial charge in [0.15, 0.2) is 0 Å². The van der Waals surface area contributed by atoms with Gasteiger partial charge in [0.05, 0.1) is 23.9 Å². The molecule has 0 radical (unpaired) electrons. The van der Waals surface area contributed by atoms with Gasteiger partial charge in [0, 0.05) is 23.2 Å². The predicted molar refractivity (Wildman–Crippen MR) is 148 cm³/mol. The smallest absolute Gasteiger partial charge is 0.0891 e. The van der Waals surface area contributed by atoms with Crippen molar-refractivity contribution in [2.45, 2.75) is 33.4 Å². The Bertz CT molecular complexity index is 1450. The van der Waals surface area contributed by atoms with Gasteiger partial charge in [-0.15, -0.1) is 0 Å². The number of fused-ring (bicyclic) bond motifs is 1. The summed E-state index contributed by atoms with van der Waals surface area (Å²) in [6.45, 7) is 7.38. The second-order valence-electron chi connectivity index (χ2n) is 9.39. The van der Waals surface area contributed by atoms with Crippen LogP contribution in [0.4, 0.5) is 5.69 Å². The van der Waals surface area contributed by atoms with Crippen LogP contribution in [0.5, 0.6) is 0 Å². The van der Waals surface area contributed by atoms with Gasteiger partial charge in [-0.3, -0.25) is 0 Å². The summed E-state index contributed by atoms with van der Waals surface area (Å²) >= 11 is 0. The Kier molecular flexibility index (Phi) is 6.43. The van der Waals surface area contributed by atoms with Crippen molar-refractivity contribution in [2.75, 3.05) is 11.9 Å². The normalized spacial score (nSPS) is 12.1. The highest BCUT2D eigenvalue weighted by atomic mass is 16.3. The van der Waals surface area contributed by atoms with Crippen LogP contribution in [0.15, 0.2) is 97.1 Å². The highest BCUT2D eigenvalue weighted by Crippen LogP contribution is 2.42. The van der Waals surface area contributed by atoms with Crippen LogP contribution in [0.3, 0.4) is 0 Å². The van der Waals surface area contributed by atoms with Crippen LogP contribution in [0.2, 0.25) is 0 Å². The zero-order chi connectivity index (χ0) is 24.4. The first-order chi connectivity index (χ1) is 17.0. The van der Waals surface area contributed by atoms with Crippen LogP contribution < -0.4 is 5.32 Å². The molecule has 1 aromatic heterocycles. The molecule has 176 valence electrons. The molecule has 1 unspecified atom stereocenters. The topological polar surface area (TPSA) is 37.2 Å². The molecule has 5 aromatic rings. The minimum Gasteiger partial charge on any atom is -0.389 e. The fraction of sp³-hybridized carbons (Fsp3) is 0.188. The summed E-state index contributed by atoms with van der Waals surface area (Å²) in [6.07, 6.45) is -0.558. The molecule has 1 atom stereocenters. The molecule has 0 aliphatic rings. The van der Waals surface area contributed by atoms with Gasteiger partial charge in [-0.1, -0.05) is 90.5 Å². The second kappa shape index (κ2) is 9.81. The minimum absolute atomic E-state index is 0.477. The molecule has 4 aromatic carbocycles. The van der Waals surface area contributed by atoms with E-state index in [2.05, 4.69) is 116 Å². The molecule has 0 spiro atoms. The lowest BCUT2D eigenvalue weighted by Gasteiger charge is -2.19. The van der Waals surface area contributed by atoms with Crippen molar-refractivity contribution in [3.05, 3.63) is 114 Å². The Morgan fingerprint density at radius 3 is 2.06 bits per heavy atom. The summed E-state index contributed by atoms with van der Waals surface area (Å²) in [5.41, 5.74) is 10.6. The summed E-state index contributed by atoms with van der Waals surface area (Å²) in [6, 6.07) is 33.9. The standard InChI is InChI=1S/C32H32N2O/c1-22-18-24(3)31-28(19-22)30(25-13-6-4-7-14-25)32(26-15-8-5-9-16-26)34(31)21-27(35)20-33-29-17-11-10-12-23(29)2/h4-19,27,33,35H,20-21H2,1-3H3. The maximum atomic E-state index is 11.2. The number of hydrogen-bond donors (Lipinski definition) is 2.